The Labute approximate surface area is 210 Å². The molecule has 2 fully saturated rings. The first-order valence-corrected chi connectivity index (χ1v) is 12.7. The van der Waals surface area contributed by atoms with E-state index >= 15 is 0 Å². The number of aromatic nitrogens is 1. The van der Waals surface area contributed by atoms with Crippen LogP contribution in [0.3, 0.4) is 0 Å². The van der Waals surface area contributed by atoms with Crippen molar-refractivity contribution in [3.63, 3.8) is 0 Å². The maximum atomic E-state index is 13.4. The lowest BCUT2D eigenvalue weighted by Gasteiger charge is -2.49. The van der Waals surface area contributed by atoms with Crippen molar-refractivity contribution in [2.45, 2.75) is 14.9 Å². The van der Waals surface area contributed by atoms with Gasteiger partial charge in [-0.3, -0.25) is 14.6 Å². The number of carbonyl (C=O) groups is 2. The van der Waals surface area contributed by atoms with Crippen LogP contribution >= 0.6 is 34.4 Å². The lowest BCUT2D eigenvalue weighted by atomic mass is 9.99. The van der Waals surface area contributed by atoms with Gasteiger partial charge in [-0.25, -0.2) is 0 Å². The molecule has 0 N–H and O–H groups in total. The van der Waals surface area contributed by atoms with E-state index in [2.05, 4.69) is 27.6 Å². The largest absolute Gasteiger partial charge is 0.451 e. The molecule has 2 atom stereocenters. The van der Waals surface area contributed by atoms with Crippen molar-refractivity contribution in [2.24, 2.45) is 0 Å². The van der Waals surface area contributed by atoms with Gasteiger partial charge in [-0.05, 0) is 29.3 Å². The molecule has 5 rings (SSSR count). The Hall–Kier alpha value is -2.65. The van der Waals surface area contributed by atoms with Gasteiger partial charge >= 0.3 is 5.97 Å². The number of fused-ring (bicyclic) bond motifs is 1. The molecule has 2 aromatic carbocycles. The van der Waals surface area contributed by atoms with Gasteiger partial charge in [-0.15, -0.1) is 11.8 Å². The van der Waals surface area contributed by atoms with Gasteiger partial charge in [0.05, 0.1) is 11.3 Å². The molecule has 5 nitrogen and oxygen atoms in total. The molecule has 0 spiro atoms. The summed E-state index contributed by atoms with van der Waals surface area (Å²) in [4.78, 5) is 32.3. The van der Waals surface area contributed by atoms with Crippen LogP contribution in [0.25, 0.3) is 6.08 Å². The Morgan fingerprint density at radius 1 is 1.06 bits per heavy atom. The molecule has 1 amide bonds. The molecule has 3 aromatic rings. The molecule has 33 heavy (non-hydrogen) atoms. The van der Waals surface area contributed by atoms with Crippen molar-refractivity contribution >= 4 is 52.3 Å². The number of amides is 1. The van der Waals surface area contributed by atoms with Crippen LogP contribution in [-0.4, -0.2) is 42.9 Å². The average molecular weight is 568 g/mol. The van der Waals surface area contributed by atoms with E-state index in [-0.39, 0.29) is 17.3 Å². The second-order valence-electron chi connectivity index (χ2n) is 8.02. The van der Waals surface area contributed by atoms with E-state index in [9.17, 15) is 9.59 Å². The first kappa shape index (κ1) is 22.2. The zero-order chi connectivity index (χ0) is 22.8. The van der Waals surface area contributed by atoms with Crippen LogP contribution in [0, 0.1) is 0 Å². The Balaban J connectivity index is 1.33. The van der Waals surface area contributed by atoms with Crippen LogP contribution in [0.2, 0.25) is 0 Å². The normalized spacial score (nSPS) is 23.2. The number of carbonyl (C=O) groups excluding carboxylic acids is 2. The van der Waals surface area contributed by atoms with E-state index < -0.39 is 9.53 Å². The monoisotopic (exact) mass is 568 g/mol. The van der Waals surface area contributed by atoms with Crippen LogP contribution in [-0.2, 0) is 14.3 Å². The second-order valence-corrected chi connectivity index (χ2v) is 11.2. The van der Waals surface area contributed by atoms with Gasteiger partial charge in [0.25, 0.3) is 5.91 Å². The molecule has 0 aliphatic carbocycles. The van der Waals surface area contributed by atoms with Gasteiger partial charge in [-0.1, -0.05) is 89.3 Å². The van der Waals surface area contributed by atoms with Crippen LogP contribution in [0.1, 0.15) is 22.9 Å². The number of nitrogens with zero attached hydrogens (tertiary/aromatic N) is 2. The lowest BCUT2D eigenvalue weighted by molar-refractivity contribution is -0.151. The summed E-state index contributed by atoms with van der Waals surface area (Å²) in [6, 6.07) is 25.1. The van der Waals surface area contributed by atoms with Gasteiger partial charge in [-0.2, -0.15) is 0 Å². The highest BCUT2D eigenvalue weighted by Gasteiger charge is 2.54. The molecule has 2 aliphatic heterocycles. The number of pyridine rings is 1. The number of β-lactam (4-membered cyclic amide) rings is 1. The molecule has 3 heterocycles. The quantitative estimate of drug-likeness (QED) is 0.144. The number of ether oxygens (including phenoxy) is 1. The minimum atomic E-state index is -0.813. The van der Waals surface area contributed by atoms with Crippen LogP contribution in [0.15, 0.2) is 90.6 Å². The van der Waals surface area contributed by atoms with Crippen molar-refractivity contribution in [3.05, 3.63) is 107 Å². The smallest absolute Gasteiger partial charge is 0.325 e. The number of halogens is 1. The average Bonchev–Trinajstić information content (AvgIpc) is 2.87. The third kappa shape index (κ3) is 4.44. The third-order valence-corrected chi connectivity index (χ3v) is 8.90. The number of benzene rings is 2. The third-order valence-electron chi connectivity index (χ3n) is 5.73. The Kier molecular flexibility index (Phi) is 6.25. The molecule has 2 saturated heterocycles. The maximum Gasteiger partial charge on any atom is 0.325 e. The number of hydrogen-bond acceptors (Lipinski definition) is 5. The zero-order valence-corrected chi connectivity index (χ0v) is 20.6. The van der Waals surface area contributed by atoms with Crippen molar-refractivity contribution in [3.8, 4) is 0 Å². The molecular formula is C26H21IN2O3S. The van der Waals surface area contributed by atoms with Gasteiger partial charge in [0.15, 0.2) is 6.10 Å². The minimum absolute atomic E-state index is 0.0469. The molecule has 166 valence electrons. The lowest BCUT2D eigenvalue weighted by Crippen LogP contribution is -2.63. The van der Waals surface area contributed by atoms with E-state index in [0.717, 1.165) is 22.4 Å². The number of rotatable bonds is 5. The van der Waals surface area contributed by atoms with Crippen molar-refractivity contribution in [2.75, 3.05) is 12.3 Å². The summed E-state index contributed by atoms with van der Waals surface area (Å²) in [6.45, 7) is 0.332. The van der Waals surface area contributed by atoms with Gasteiger partial charge in [0, 0.05) is 18.5 Å². The Morgan fingerprint density at radius 2 is 1.70 bits per heavy atom. The first-order chi connectivity index (χ1) is 16.0. The minimum Gasteiger partial charge on any atom is -0.451 e. The molecule has 2 aliphatic rings. The van der Waals surface area contributed by atoms with E-state index in [1.54, 1.807) is 22.9 Å². The Morgan fingerprint density at radius 3 is 2.30 bits per heavy atom. The molecular weight excluding hydrogens is 547 g/mol. The zero-order valence-electron chi connectivity index (χ0n) is 17.6. The molecule has 0 radical (unpaired) electrons. The highest BCUT2D eigenvalue weighted by atomic mass is 127. The van der Waals surface area contributed by atoms with Gasteiger partial charge in [0.1, 0.15) is 8.80 Å². The van der Waals surface area contributed by atoms with Crippen LogP contribution < -0.4 is 0 Å². The topological polar surface area (TPSA) is 59.5 Å². The summed E-state index contributed by atoms with van der Waals surface area (Å²) in [5.41, 5.74) is 3.33. The molecule has 1 unspecified atom stereocenters. The van der Waals surface area contributed by atoms with Crippen LogP contribution in [0.5, 0.6) is 0 Å². The predicted molar refractivity (Wildman–Crippen MR) is 138 cm³/mol. The summed E-state index contributed by atoms with van der Waals surface area (Å²) in [5, 5.41) is -0.0470. The number of esters is 1. The van der Waals surface area contributed by atoms with Gasteiger partial charge < -0.3 is 9.64 Å². The summed E-state index contributed by atoms with van der Waals surface area (Å²) in [7, 11) is 0. The fourth-order valence-corrected chi connectivity index (χ4v) is 6.38. The van der Waals surface area contributed by atoms with Crippen molar-refractivity contribution in [1.29, 1.82) is 0 Å². The van der Waals surface area contributed by atoms with Crippen molar-refractivity contribution < 1.29 is 14.3 Å². The fourth-order valence-electron chi connectivity index (χ4n) is 4.01. The van der Waals surface area contributed by atoms with Crippen molar-refractivity contribution in [1.82, 2.24) is 9.88 Å². The standard InChI is InChI=1S/C26H21IN2O3S/c27-26(16-29-23(30)21(24(29)33-17-26)15-20-13-7-8-14-28-20)25(31)32-22(18-9-3-1-4-10-18)19-11-5-2-6-12-19/h1-15,22,24H,16-17H2/t24-,26?/m1/s1. The summed E-state index contributed by atoms with van der Waals surface area (Å²) >= 11 is 3.77. The molecule has 7 heteroatoms. The number of hydrogen-bond donors (Lipinski definition) is 0. The SMILES string of the molecule is O=C1C(=Cc2ccccn2)[C@H]2SCC(I)(C(=O)OC(c3ccccc3)c3ccccc3)CN12. The number of alkyl halides is 1. The van der Waals surface area contributed by atoms with E-state index in [4.69, 9.17) is 4.74 Å². The predicted octanol–water partition coefficient (Wildman–Crippen LogP) is 4.89. The highest BCUT2D eigenvalue weighted by molar-refractivity contribution is 14.1. The highest BCUT2D eigenvalue weighted by Crippen LogP contribution is 2.46. The Bertz CT molecular complexity index is 1150. The maximum absolute atomic E-state index is 13.4. The van der Waals surface area contributed by atoms with E-state index in [0.29, 0.717) is 12.3 Å². The summed E-state index contributed by atoms with van der Waals surface area (Å²) < 4.78 is 5.30. The molecule has 0 saturated carbocycles. The number of thioether (sulfide) groups is 1. The summed E-state index contributed by atoms with van der Waals surface area (Å²) in [6.07, 6.45) is 3.06. The van der Waals surface area contributed by atoms with E-state index in [1.165, 1.54) is 0 Å². The summed E-state index contributed by atoms with van der Waals surface area (Å²) in [5.74, 6) is 0.215. The molecule has 1 aromatic heterocycles. The van der Waals surface area contributed by atoms with E-state index in [1.807, 2.05) is 84.9 Å². The van der Waals surface area contributed by atoms with Crippen LogP contribution in [0.4, 0.5) is 0 Å². The van der Waals surface area contributed by atoms with Gasteiger partial charge in [0.2, 0.25) is 0 Å². The second kappa shape index (κ2) is 9.30. The molecule has 0 bridgehead atoms. The fraction of sp³-hybridized carbons (Fsp3) is 0.192. The first-order valence-electron chi connectivity index (χ1n) is 10.6.